The van der Waals surface area contributed by atoms with E-state index in [1.54, 1.807) is 0 Å². The molecule has 76 valence electrons. The first kappa shape index (κ1) is 9.80. The van der Waals surface area contributed by atoms with E-state index in [4.69, 9.17) is 5.11 Å². The van der Waals surface area contributed by atoms with E-state index in [2.05, 4.69) is 18.8 Å². The molecule has 1 aliphatic carbocycles. The molecule has 1 N–H and O–H groups in total. The second kappa shape index (κ2) is 3.14. The van der Waals surface area contributed by atoms with Crippen LogP contribution in [0, 0.1) is 5.41 Å². The number of thiazole rings is 1. The standard InChI is InChI=1S/C10H13NO2S/c1-10(2)3-6-9(7(13)4-10)14-8(5-12)11-6/h12H,3-5H2,1-2H3. The molecule has 0 amide bonds. The number of Topliss-reactive ketones (excluding diaryl/α,β-unsaturated/α-hetero) is 1. The van der Waals surface area contributed by atoms with Crippen molar-refractivity contribution < 1.29 is 9.90 Å². The maximum atomic E-state index is 11.7. The Morgan fingerprint density at radius 3 is 2.86 bits per heavy atom. The fourth-order valence-electron chi connectivity index (χ4n) is 1.84. The molecule has 1 aromatic heterocycles. The minimum atomic E-state index is -0.0641. The van der Waals surface area contributed by atoms with Gasteiger partial charge in [0, 0.05) is 6.42 Å². The summed E-state index contributed by atoms with van der Waals surface area (Å²) in [6.45, 7) is 4.09. The van der Waals surface area contributed by atoms with Gasteiger partial charge >= 0.3 is 0 Å². The second-order valence-electron chi connectivity index (χ2n) is 4.48. The monoisotopic (exact) mass is 211 g/mol. The zero-order chi connectivity index (χ0) is 10.3. The van der Waals surface area contributed by atoms with E-state index in [9.17, 15) is 4.79 Å². The molecule has 0 spiro atoms. The van der Waals surface area contributed by atoms with Crippen LogP contribution in [0.15, 0.2) is 0 Å². The third-order valence-electron chi connectivity index (χ3n) is 2.42. The van der Waals surface area contributed by atoms with Crippen LogP contribution in [-0.2, 0) is 13.0 Å². The lowest BCUT2D eigenvalue weighted by molar-refractivity contribution is 0.0916. The van der Waals surface area contributed by atoms with Gasteiger partial charge < -0.3 is 5.11 Å². The van der Waals surface area contributed by atoms with Gasteiger partial charge in [0.1, 0.15) is 5.01 Å². The molecule has 0 atom stereocenters. The Bertz CT molecular complexity index is 381. The van der Waals surface area contributed by atoms with Crippen LogP contribution in [0.1, 0.15) is 40.6 Å². The largest absolute Gasteiger partial charge is 0.389 e. The van der Waals surface area contributed by atoms with Crippen LogP contribution < -0.4 is 0 Å². The van der Waals surface area contributed by atoms with E-state index >= 15 is 0 Å². The molecule has 4 heteroatoms. The van der Waals surface area contributed by atoms with Crippen molar-refractivity contribution >= 4 is 17.1 Å². The number of fused-ring (bicyclic) bond motifs is 1. The Morgan fingerprint density at radius 1 is 1.50 bits per heavy atom. The molecule has 0 saturated heterocycles. The first-order valence-electron chi connectivity index (χ1n) is 4.64. The van der Waals surface area contributed by atoms with Gasteiger partial charge in [-0.1, -0.05) is 13.8 Å². The molecule has 0 saturated carbocycles. The van der Waals surface area contributed by atoms with Gasteiger partial charge in [-0.25, -0.2) is 4.98 Å². The Balaban J connectivity index is 2.43. The first-order chi connectivity index (χ1) is 6.52. The van der Waals surface area contributed by atoms with Gasteiger partial charge in [0.15, 0.2) is 5.78 Å². The van der Waals surface area contributed by atoms with Crippen molar-refractivity contribution in [1.82, 2.24) is 4.98 Å². The Morgan fingerprint density at radius 2 is 2.21 bits per heavy atom. The number of rotatable bonds is 1. The summed E-state index contributed by atoms with van der Waals surface area (Å²) in [5, 5.41) is 9.59. The van der Waals surface area contributed by atoms with Gasteiger partial charge in [-0.15, -0.1) is 11.3 Å². The number of ketones is 1. The highest BCUT2D eigenvalue weighted by atomic mass is 32.1. The smallest absolute Gasteiger partial charge is 0.175 e. The first-order valence-corrected chi connectivity index (χ1v) is 5.46. The molecule has 3 nitrogen and oxygen atoms in total. The average Bonchev–Trinajstić information content (AvgIpc) is 2.45. The number of nitrogens with zero attached hydrogens (tertiary/aromatic N) is 1. The van der Waals surface area contributed by atoms with Gasteiger partial charge in [0.05, 0.1) is 17.2 Å². The third kappa shape index (κ3) is 1.60. The van der Waals surface area contributed by atoms with Crippen molar-refractivity contribution in [1.29, 1.82) is 0 Å². The molecule has 0 bridgehead atoms. The van der Waals surface area contributed by atoms with E-state index < -0.39 is 0 Å². The van der Waals surface area contributed by atoms with E-state index in [1.807, 2.05) is 0 Å². The fraction of sp³-hybridized carbons (Fsp3) is 0.600. The molecule has 0 radical (unpaired) electrons. The van der Waals surface area contributed by atoms with Crippen LogP contribution in [0.2, 0.25) is 0 Å². The molecule has 1 aromatic rings. The Labute approximate surface area is 86.8 Å². The zero-order valence-electron chi connectivity index (χ0n) is 8.33. The lowest BCUT2D eigenvalue weighted by atomic mass is 9.78. The number of aliphatic hydroxyl groups is 1. The lowest BCUT2D eigenvalue weighted by Crippen LogP contribution is -2.25. The quantitative estimate of drug-likeness (QED) is 0.770. The molecule has 14 heavy (non-hydrogen) atoms. The summed E-state index contributed by atoms with van der Waals surface area (Å²) in [4.78, 5) is 16.7. The Hall–Kier alpha value is -0.740. The Kier molecular flexibility index (Phi) is 2.20. The van der Waals surface area contributed by atoms with E-state index in [0.717, 1.165) is 17.0 Å². The van der Waals surface area contributed by atoms with Crippen LogP contribution in [0.4, 0.5) is 0 Å². The summed E-state index contributed by atoms with van der Waals surface area (Å²) in [5.74, 6) is 0.174. The molecule has 1 heterocycles. The van der Waals surface area contributed by atoms with Crippen LogP contribution in [-0.4, -0.2) is 15.9 Å². The highest BCUT2D eigenvalue weighted by Gasteiger charge is 2.33. The van der Waals surface area contributed by atoms with Gasteiger partial charge in [-0.2, -0.15) is 0 Å². The SMILES string of the molecule is CC1(C)CC(=O)c2sc(CO)nc2C1. The minimum absolute atomic E-state index is 0.0187. The number of aliphatic hydroxyl groups excluding tert-OH is 1. The molecule has 2 rings (SSSR count). The molecule has 0 fully saturated rings. The van der Waals surface area contributed by atoms with Crippen LogP contribution in [0.5, 0.6) is 0 Å². The predicted molar refractivity (Wildman–Crippen MR) is 54.5 cm³/mol. The molecule has 0 unspecified atom stereocenters. The normalized spacial score (nSPS) is 19.5. The van der Waals surface area contributed by atoms with Crippen molar-refractivity contribution in [3.05, 3.63) is 15.6 Å². The molecule has 0 aliphatic heterocycles. The van der Waals surface area contributed by atoms with Crippen LogP contribution >= 0.6 is 11.3 Å². The topological polar surface area (TPSA) is 50.2 Å². The van der Waals surface area contributed by atoms with Gasteiger partial charge in [0.2, 0.25) is 0 Å². The molecular formula is C10H13NO2S. The number of aromatic nitrogens is 1. The van der Waals surface area contributed by atoms with Crippen molar-refractivity contribution in [2.45, 2.75) is 33.3 Å². The summed E-state index contributed by atoms with van der Waals surface area (Å²) in [7, 11) is 0. The lowest BCUT2D eigenvalue weighted by Gasteiger charge is -2.26. The van der Waals surface area contributed by atoms with Crippen molar-refractivity contribution in [2.75, 3.05) is 0 Å². The average molecular weight is 211 g/mol. The minimum Gasteiger partial charge on any atom is -0.389 e. The maximum absolute atomic E-state index is 11.7. The van der Waals surface area contributed by atoms with Gasteiger partial charge in [-0.3, -0.25) is 4.79 Å². The predicted octanol–water partition coefficient (Wildman–Crippen LogP) is 1.79. The summed E-state index contributed by atoms with van der Waals surface area (Å²) in [6.07, 6.45) is 1.43. The highest BCUT2D eigenvalue weighted by molar-refractivity contribution is 7.13. The summed E-state index contributed by atoms with van der Waals surface area (Å²) in [5.41, 5.74) is 0.894. The number of hydrogen-bond donors (Lipinski definition) is 1. The molecule has 0 aromatic carbocycles. The van der Waals surface area contributed by atoms with E-state index in [-0.39, 0.29) is 17.8 Å². The zero-order valence-corrected chi connectivity index (χ0v) is 9.15. The van der Waals surface area contributed by atoms with Crippen molar-refractivity contribution in [3.8, 4) is 0 Å². The molecule has 1 aliphatic rings. The van der Waals surface area contributed by atoms with Gasteiger partial charge in [-0.05, 0) is 11.8 Å². The highest BCUT2D eigenvalue weighted by Crippen LogP contribution is 2.36. The van der Waals surface area contributed by atoms with E-state index in [1.165, 1.54) is 11.3 Å². The van der Waals surface area contributed by atoms with Crippen molar-refractivity contribution in [3.63, 3.8) is 0 Å². The number of hydrogen-bond acceptors (Lipinski definition) is 4. The fourth-order valence-corrected chi connectivity index (χ4v) is 2.71. The van der Waals surface area contributed by atoms with Crippen LogP contribution in [0.3, 0.4) is 0 Å². The molecular weight excluding hydrogens is 198 g/mol. The van der Waals surface area contributed by atoms with Gasteiger partial charge in [0.25, 0.3) is 0 Å². The maximum Gasteiger partial charge on any atom is 0.175 e. The van der Waals surface area contributed by atoms with Crippen LogP contribution in [0.25, 0.3) is 0 Å². The third-order valence-corrected chi connectivity index (χ3v) is 3.54. The summed E-state index contributed by atoms with van der Waals surface area (Å²) >= 11 is 1.33. The van der Waals surface area contributed by atoms with Crippen molar-refractivity contribution in [2.24, 2.45) is 5.41 Å². The van der Waals surface area contributed by atoms with E-state index in [0.29, 0.717) is 11.4 Å². The summed E-state index contributed by atoms with van der Waals surface area (Å²) < 4.78 is 0. The number of carbonyl (C=O) groups is 1. The second-order valence-corrected chi connectivity index (χ2v) is 5.57. The number of carbonyl (C=O) groups excluding carboxylic acids is 1. The summed E-state index contributed by atoms with van der Waals surface area (Å²) in [6, 6.07) is 0.